The lowest BCUT2D eigenvalue weighted by molar-refractivity contribution is -0.122. The van der Waals surface area contributed by atoms with E-state index in [1.807, 2.05) is 13.1 Å². The number of aromatic nitrogens is 3. The van der Waals surface area contributed by atoms with Crippen molar-refractivity contribution in [1.29, 1.82) is 0 Å². The number of rotatable bonds is 6. The molecule has 0 bridgehead atoms. The summed E-state index contributed by atoms with van der Waals surface area (Å²) in [5.41, 5.74) is 0.715. The second-order valence-corrected chi connectivity index (χ2v) is 7.45. The lowest BCUT2D eigenvalue weighted by Crippen LogP contribution is -2.41. The molecule has 0 radical (unpaired) electrons. The highest BCUT2D eigenvalue weighted by atomic mass is 35.5. The van der Waals surface area contributed by atoms with Crippen LogP contribution in [0.5, 0.6) is 0 Å². The summed E-state index contributed by atoms with van der Waals surface area (Å²) in [6.45, 7) is 3.56. The Morgan fingerprint density at radius 3 is 2.68 bits per heavy atom. The molecular formula is C18H32ClN7O2. The molecular weight excluding hydrogens is 382 g/mol. The molecule has 1 aromatic heterocycles. The predicted octanol–water partition coefficient (Wildman–Crippen LogP) is 1.26. The Labute approximate surface area is 172 Å². The highest BCUT2D eigenvalue weighted by Crippen LogP contribution is 2.19. The van der Waals surface area contributed by atoms with Gasteiger partial charge in [0, 0.05) is 19.1 Å². The van der Waals surface area contributed by atoms with Crippen LogP contribution in [0.4, 0.5) is 4.79 Å². The summed E-state index contributed by atoms with van der Waals surface area (Å²) < 4.78 is 1.78. The zero-order valence-electron chi connectivity index (χ0n) is 16.4. The van der Waals surface area contributed by atoms with Crippen molar-refractivity contribution in [3.63, 3.8) is 0 Å². The van der Waals surface area contributed by atoms with Crippen molar-refractivity contribution >= 4 is 24.3 Å². The van der Waals surface area contributed by atoms with Crippen LogP contribution in [0.25, 0.3) is 0 Å². The minimum Gasteiger partial charge on any atom is -0.355 e. The van der Waals surface area contributed by atoms with Gasteiger partial charge in [0.25, 0.3) is 0 Å². The standard InChI is InChI=1S/C18H31N7O2.ClH/c1-2-19-17(26)16-9-15(11-20-16)25-12-14(23-24-25)10-21-18(27)22-13-7-5-3-4-6-8-13;/h12-13,15-16,20H,2-11H2,1H3,(H,19,26)(H2,21,22,27);1H/t15-,16-;/m0./s1. The third kappa shape index (κ3) is 6.34. The number of hydrogen-bond acceptors (Lipinski definition) is 5. The zero-order chi connectivity index (χ0) is 19.1. The van der Waals surface area contributed by atoms with Gasteiger partial charge in [0.15, 0.2) is 0 Å². The van der Waals surface area contributed by atoms with E-state index in [9.17, 15) is 9.59 Å². The summed E-state index contributed by atoms with van der Waals surface area (Å²) in [6.07, 6.45) is 9.55. The topological polar surface area (TPSA) is 113 Å². The Hall–Kier alpha value is -1.87. The number of amides is 3. The number of carbonyl (C=O) groups excluding carboxylic acids is 2. The quantitative estimate of drug-likeness (QED) is 0.524. The number of nitrogens with one attached hydrogen (secondary N) is 4. The number of hydrogen-bond donors (Lipinski definition) is 4. The average molecular weight is 414 g/mol. The molecule has 3 amide bonds. The maximum Gasteiger partial charge on any atom is 0.315 e. The van der Waals surface area contributed by atoms with Gasteiger partial charge in [0.2, 0.25) is 5.91 Å². The minimum atomic E-state index is -0.189. The Balaban J connectivity index is 0.00000280. The molecule has 10 heteroatoms. The highest BCUT2D eigenvalue weighted by Gasteiger charge is 2.30. The molecule has 0 unspecified atom stereocenters. The number of nitrogens with zero attached hydrogens (tertiary/aromatic N) is 3. The van der Waals surface area contributed by atoms with E-state index in [0.717, 1.165) is 12.8 Å². The van der Waals surface area contributed by atoms with Gasteiger partial charge in [-0.05, 0) is 26.2 Å². The van der Waals surface area contributed by atoms with Crippen LogP contribution in [-0.4, -0.2) is 52.1 Å². The fraction of sp³-hybridized carbons (Fsp3) is 0.778. The van der Waals surface area contributed by atoms with Gasteiger partial charge in [-0.2, -0.15) is 0 Å². The van der Waals surface area contributed by atoms with Gasteiger partial charge in [0.05, 0.1) is 24.8 Å². The average Bonchev–Trinajstić information content (AvgIpc) is 3.26. The van der Waals surface area contributed by atoms with Gasteiger partial charge in [-0.1, -0.05) is 30.9 Å². The molecule has 0 aromatic carbocycles. The number of carbonyl (C=O) groups is 2. The maximum atomic E-state index is 12.1. The van der Waals surface area contributed by atoms with Crippen molar-refractivity contribution in [1.82, 2.24) is 36.3 Å². The summed E-state index contributed by atoms with van der Waals surface area (Å²) in [5, 5.41) is 20.3. The lowest BCUT2D eigenvalue weighted by atomic mass is 10.1. The van der Waals surface area contributed by atoms with Crippen LogP contribution >= 0.6 is 12.4 Å². The SMILES string of the molecule is CCNC(=O)[C@@H]1C[C@H](n2cc(CNC(=O)NC3CCCCCC3)nn2)CN1.Cl. The van der Waals surface area contributed by atoms with Crippen molar-refractivity contribution in [3.05, 3.63) is 11.9 Å². The summed E-state index contributed by atoms with van der Waals surface area (Å²) in [4.78, 5) is 24.0. The number of likely N-dealkylation sites (N-methyl/N-ethyl adjacent to an activating group) is 1. The fourth-order valence-corrected chi connectivity index (χ4v) is 3.82. The first-order chi connectivity index (χ1) is 13.2. The first-order valence-corrected chi connectivity index (χ1v) is 10.1. The minimum absolute atomic E-state index is 0. The van der Waals surface area contributed by atoms with Crippen LogP contribution < -0.4 is 21.3 Å². The van der Waals surface area contributed by atoms with E-state index in [-0.39, 0.29) is 42.5 Å². The summed E-state index contributed by atoms with van der Waals surface area (Å²) in [6, 6.07) is 0.0407. The number of urea groups is 1. The molecule has 1 saturated carbocycles. The van der Waals surface area contributed by atoms with E-state index in [4.69, 9.17) is 0 Å². The molecule has 1 aliphatic heterocycles. The molecule has 1 aliphatic carbocycles. The van der Waals surface area contributed by atoms with Crippen LogP contribution in [0.15, 0.2) is 6.20 Å². The molecule has 28 heavy (non-hydrogen) atoms. The maximum absolute atomic E-state index is 12.1. The van der Waals surface area contributed by atoms with E-state index in [1.165, 1.54) is 25.7 Å². The Morgan fingerprint density at radius 2 is 1.96 bits per heavy atom. The first-order valence-electron chi connectivity index (χ1n) is 10.1. The van der Waals surface area contributed by atoms with E-state index in [1.54, 1.807) is 4.68 Å². The molecule has 2 aliphatic rings. The molecule has 2 heterocycles. The molecule has 2 fully saturated rings. The van der Waals surface area contributed by atoms with E-state index in [2.05, 4.69) is 31.6 Å². The van der Waals surface area contributed by atoms with Gasteiger partial charge in [0.1, 0.15) is 5.69 Å². The largest absolute Gasteiger partial charge is 0.355 e. The Bertz CT molecular complexity index is 631. The smallest absolute Gasteiger partial charge is 0.315 e. The van der Waals surface area contributed by atoms with Crippen LogP contribution in [-0.2, 0) is 11.3 Å². The van der Waals surface area contributed by atoms with E-state index in [0.29, 0.717) is 31.7 Å². The third-order valence-electron chi connectivity index (χ3n) is 5.33. The Kier molecular flexibility index (Phi) is 8.98. The second-order valence-electron chi connectivity index (χ2n) is 7.45. The Morgan fingerprint density at radius 1 is 1.21 bits per heavy atom. The number of halogens is 1. The van der Waals surface area contributed by atoms with Crippen LogP contribution in [0.1, 0.15) is 63.6 Å². The summed E-state index contributed by atoms with van der Waals surface area (Å²) in [5.74, 6) is 0.0252. The van der Waals surface area contributed by atoms with Crippen molar-refractivity contribution in [2.75, 3.05) is 13.1 Å². The lowest BCUT2D eigenvalue weighted by Gasteiger charge is -2.16. The third-order valence-corrected chi connectivity index (χ3v) is 5.33. The highest BCUT2D eigenvalue weighted by molar-refractivity contribution is 5.85. The molecule has 3 rings (SSSR count). The van der Waals surface area contributed by atoms with Gasteiger partial charge >= 0.3 is 6.03 Å². The van der Waals surface area contributed by atoms with Gasteiger partial charge in [-0.3, -0.25) is 4.79 Å². The molecule has 0 spiro atoms. The van der Waals surface area contributed by atoms with Crippen LogP contribution in [0.3, 0.4) is 0 Å². The van der Waals surface area contributed by atoms with E-state index < -0.39 is 0 Å². The predicted molar refractivity (Wildman–Crippen MR) is 108 cm³/mol. The van der Waals surface area contributed by atoms with Gasteiger partial charge < -0.3 is 21.3 Å². The monoisotopic (exact) mass is 413 g/mol. The van der Waals surface area contributed by atoms with Crippen molar-refractivity contribution < 1.29 is 9.59 Å². The molecule has 9 nitrogen and oxygen atoms in total. The molecule has 1 saturated heterocycles. The molecule has 4 N–H and O–H groups in total. The van der Waals surface area contributed by atoms with Crippen molar-refractivity contribution in [3.8, 4) is 0 Å². The zero-order valence-corrected chi connectivity index (χ0v) is 17.3. The van der Waals surface area contributed by atoms with Crippen molar-refractivity contribution in [2.45, 2.75) is 76.5 Å². The van der Waals surface area contributed by atoms with Gasteiger partial charge in [-0.25, -0.2) is 9.48 Å². The summed E-state index contributed by atoms with van der Waals surface area (Å²) in [7, 11) is 0. The van der Waals surface area contributed by atoms with Gasteiger partial charge in [-0.15, -0.1) is 17.5 Å². The molecule has 158 valence electrons. The summed E-state index contributed by atoms with van der Waals surface area (Å²) >= 11 is 0. The fourth-order valence-electron chi connectivity index (χ4n) is 3.82. The molecule has 2 atom stereocenters. The van der Waals surface area contributed by atoms with Crippen LogP contribution in [0, 0.1) is 0 Å². The normalized spacial score (nSPS) is 22.8. The van der Waals surface area contributed by atoms with Crippen molar-refractivity contribution in [2.24, 2.45) is 0 Å². The van der Waals surface area contributed by atoms with Crippen LogP contribution in [0.2, 0.25) is 0 Å². The first kappa shape index (κ1) is 22.4. The second kappa shape index (κ2) is 11.2. The van der Waals surface area contributed by atoms with E-state index >= 15 is 0 Å². The molecule has 1 aromatic rings.